The van der Waals surface area contributed by atoms with Crippen molar-refractivity contribution in [3.05, 3.63) is 48.0 Å². The number of fused-ring (bicyclic) bond motifs is 1. The second kappa shape index (κ2) is 12.5. The number of alkyl halides is 3. The number of amides is 2. The first-order valence-electron chi connectivity index (χ1n) is 12.4. The molecule has 2 fully saturated rings. The number of nitrogens with zero attached hydrogens (tertiary/aromatic N) is 1. The van der Waals surface area contributed by atoms with Gasteiger partial charge in [0.05, 0.1) is 21.3 Å². The zero-order valence-electron chi connectivity index (χ0n) is 22.3. The highest BCUT2D eigenvalue weighted by Crippen LogP contribution is 2.49. The number of benzene rings is 2. The number of aliphatic carboxylic acids is 1. The van der Waals surface area contributed by atoms with Crippen LogP contribution in [0.4, 0.5) is 23.7 Å². The van der Waals surface area contributed by atoms with Gasteiger partial charge in [0.15, 0.2) is 11.5 Å². The van der Waals surface area contributed by atoms with Crippen molar-refractivity contribution < 1.29 is 42.1 Å². The van der Waals surface area contributed by atoms with Gasteiger partial charge < -0.3 is 34.9 Å². The van der Waals surface area contributed by atoms with Crippen LogP contribution < -0.4 is 24.8 Å². The highest BCUT2D eigenvalue weighted by atomic mass is 19.4. The summed E-state index contributed by atoms with van der Waals surface area (Å²) in [6.45, 7) is 1.05. The molecule has 3 atom stereocenters. The number of hydrogen-bond donors (Lipinski definition) is 3. The molecule has 0 spiro atoms. The van der Waals surface area contributed by atoms with E-state index in [4.69, 9.17) is 24.1 Å². The molecule has 12 heteroatoms. The molecule has 2 aliphatic rings. The van der Waals surface area contributed by atoms with E-state index in [1.165, 1.54) is 5.56 Å². The van der Waals surface area contributed by atoms with E-state index >= 15 is 0 Å². The summed E-state index contributed by atoms with van der Waals surface area (Å²) < 4.78 is 47.9. The molecule has 2 aromatic rings. The van der Waals surface area contributed by atoms with E-state index in [9.17, 15) is 18.0 Å². The van der Waals surface area contributed by atoms with Crippen molar-refractivity contribution in [2.45, 2.75) is 49.4 Å². The molecule has 214 valence electrons. The number of carboxylic acids is 1. The van der Waals surface area contributed by atoms with Crippen LogP contribution in [0.15, 0.2) is 42.5 Å². The van der Waals surface area contributed by atoms with Crippen molar-refractivity contribution in [3.63, 3.8) is 0 Å². The van der Waals surface area contributed by atoms with E-state index in [0.29, 0.717) is 6.04 Å². The van der Waals surface area contributed by atoms with Crippen LogP contribution in [0.2, 0.25) is 0 Å². The molecule has 4 rings (SSSR count). The Morgan fingerprint density at radius 2 is 1.64 bits per heavy atom. The Morgan fingerprint density at radius 3 is 2.21 bits per heavy atom. The first-order valence-corrected chi connectivity index (χ1v) is 12.4. The minimum atomic E-state index is -5.08. The van der Waals surface area contributed by atoms with Crippen LogP contribution in [0.5, 0.6) is 17.2 Å². The lowest BCUT2D eigenvalue weighted by Crippen LogP contribution is -2.52. The number of hydrogen-bond acceptors (Lipinski definition) is 6. The Kier molecular flexibility index (Phi) is 9.54. The fourth-order valence-corrected chi connectivity index (χ4v) is 5.42. The average Bonchev–Trinajstić information content (AvgIpc) is 3.25. The summed E-state index contributed by atoms with van der Waals surface area (Å²) in [4.78, 5) is 23.9. The van der Waals surface area contributed by atoms with Crippen molar-refractivity contribution >= 4 is 17.7 Å². The molecule has 9 nitrogen and oxygen atoms in total. The third-order valence-corrected chi connectivity index (χ3v) is 7.41. The molecule has 39 heavy (non-hydrogen) atoms. The smallest absolute Gasteiger partial charge is 0.490 e. The van der Waals surface area contributed by atoms with E-state index in [1.807, 2.05) is 30.3 Å². The summed E-state index contributed by atoms with van der Waals surface area (Å²) >= 11 is 0. The molecule has 1 heterocycles. The molecule has 0 bridgehead atoms. The lowest BCUT2D eigenvalue weighted by atomic mass is 9.65. The van der Waals surface area contributed by atoms with Crippen LogP contribution in [-0.2, 0) is 10.2 Å². The number of likely N-dealkylation sites (tertiary alicyclic amines) is 1. The standard InChI is InChI=1S/C25H33N3O4.C2HF3O2/c1-28-14-13-25(17-5-10-21(31-3)22(15-17)32-4)12-11-19(16-23(25)28)27-24(29)26-18-6-8-20(30-2)9-7-18;3-2(4,5)1(6)7/h5-10,15,19,23H,11-14,16H2,1-4H3,(H2,26,27,29);(H,6,7)/t19-,23+,25+;/m1./s1. The SMILES string of the molecule is COc1ccc(NC(=O)N[C@@H]2CC[C@@]3(c4ccc(OC)c(OC)c4)CCN(C)[C@H]3C2)cc1.O=C(O)C(F)(F)F. The van der Waals surface area contributed by atoms with Gasteiger partial charge in [-0.25, -0.2) is 9.59 Å². The summed E-state index contributed by atoms with van der Waals surface area (Å²) in [5, 5.41) is 13.2. The average molecular weight is 554 g/mol. The first kappa shape index (κ1) is 29.9. The zero-order valence-corrected chi connectivity index (χ0v) is 22.3. The molecule has 0 unspecified atom stereocenters. The predicted octanol–water partition coefficient (Wildman–Crippen LogP) is 4.66. The third kappa shape index (κ3) is 7.05. The van der Waals surface area contributed by atoms with Gasteiger partial charge >= 0.3 is 18.2 Å². The second-order valence-corrected chi connectivity index (χ2v) is 9.57. The van der Waals surface area contributed by atoms with E-state index < -0.39 is 12.1 Å². The predicted molar refractivity (Wildman–Crippen MR) is 139 cm³/mol. The van der Waals surface area contributed by atoms with Gasteiger partial charge in [0, 0.05) is 23.2 Å². The number of nitrogens with one attached hydrogen (secondary N) is 2. The largest absolute Gasteiger partial charge is 0.497 e. The van der Waals surface area contributed by atoms with E-state index in [-0.39, 0.29) is 17.5 Å². The maximum atomic E-state index is 12.6. The number of carboxylic acid groups (broad SMARTS) is 1. The Labute approximate surface area is 225 Å². The van der Waals surface area contributed by atoms with E-state index in [2.05, 4.69) is 34.7 Å². The molecule has 2 amide bonds. The number of anilines is 1. The summed E-state index contributed by atoms with van der Waals surface area (Å²) in [6, 6.07) is 14.0. The Bertz CT molecular complexity index is 1140. The highest BCUT2D eigenvalue weighted by Gasteiger charge is 2.50. The molecule has 2 aromatic carbocycles. The minimum absolute atomic E-state index is 0.0684. The van der Waals surface area contributed by atoms with Crippen LogP contribution in [0.1, 0.15) is 31.2 Å². The van der Waals surface area contributed by atoms with Gasteiger partial charge in [0.1, 0.15) is 5.75 Å². The van der Waals surface area contributed by atoms with E-state index in [1.54, 1.807) is 21.3 Å². The highest BCUT2D eigenvalue weighted by molar-refractivity contribution is 5.89. The number of urea groups is 1. The van der Waals surface area contributed by atoms with Gasteiger partial charge in [-0.3, -0.25) is 0 Å². The van der Waals surface area contributed by atoms with E-state index in [0.717, 1.165) is 55.2 Å². The molecule has 1 saturated heterocycles. The van der Waals surface area contributed by atoms with Gasteiger partial charge in [-0.1, -0.05) is 6.07 Å². The second-order valence-electron chi connectivity index (χ2n) is 9.57. The van der Waals surface area contributed by atoms with Crippen molar-refractivity contribution in [2.24, 2.45) is 0 Å². The Hall–Kier alpha value is -3.67. The summed E-state index contributed by atoms with van der Waals surface area (Å²) in [5.41, 5.74) is 2.11. The molecule has 0 aromatic heterocycles. The molecular weight excluding hydrogens is 519 g/mol. The summed E-state index contributed by atoms with van der Waals surface area (Å²) in [5.74, 6) is -0.473. The summed E-state index contributed by atoms with van der Waals surface area (Å²) in [6.07, 6.45) is -1.10. The van der Waals surface area contributed by atoms with Gasteiger partial charge in [-0.05, 0) is 81.2 Å². The topological polar surface area (TPSA) is 109 Å². The van der Waals surface area contributed by atoms with Crippen molar-refractivity contribution in [3.8, 4) is 17.2 Å². The van der Waals surface area contributed by atoms with Gasteiger partial charge in [0.25, 0.3) is 0 Å². The molecule has 1 aliphatic carbocycles. The fraction of sp³-hybridized carbons (Fsp3) is 0.481. The van der Waals surface area contributed by atoms with Gasteiger partial charge in [-0.15, -0.1) is 0 Å². The number of carbonyl (C=O) groups excluding carboxylic acids is 1. The molecule has 3 N–H and O–H groups in total. The zero-order chi connectivity index (χ0) is 28.8. The number of likely N-dealkylation sites (N-methyl/N-ethyl adjacent to an activating group) is 1. The molecular formula is C27H34F3N3O6. The maximum absolute atomic E-state index is 12.6. The lowest BCUT2D eigenvalue weighted by Gasteiger charge is -2.45. The number of carbonyl (C=O) groups is 2. The normalized spacial score (nSPS) is 22.5. The van der Waals surface area contributed by atoms with Crippen LogP contribution in [0.3, 0.4) is 0 Å². The van der Waals surface area contributed by atoms with Crippen LogP contribution in [0.25, 0.3) is 0 Å². The monoisotopic (exact) mass is 553 g/mol. The Balaban J connectivity index is 0.000000532. The quantitative estimate of drug-likeness (QED) is 0.477. The lowest BCUT2D eigenvalue weighted by molar-refractivity contribution is -0.192. The van der Waals surface area contributed by atoms with Gasteiger partial charge in [-0.2, -0.15) is 13.2 Å². The Morgan fingerprint density at radius 1 is 1.00 bits per heavy atom. The van der Waals surface area contributed by atoms with Crippen LogP contribution >= 0.6 is 0 Å². The first-order chi connectivity index (χ1) is 18.4. The number of rotatable bonds is 6. The van der Waals surface area contributed by atoms with Crippen molar-refractivity contribution in [1.29, 1.82) is 0 Å². The third-order valence-electron chi connectivity index (χ3n) is 7.41. The van der Waals surface area contributed by atoms with Crippen molar-refractivity contribution in [2.75, 3.05) is 40.2 Å². The van der Waals surface area contributed by atoms with Crippen LogP contribution in [0, 0.1) is 0 Å². The maximum Gasteiger partial charge on any atom is 0.490 e. The van der Waals surface area contributed by atoms with Crippen molar-refractivity contribution in [1.82, 2.24) is 10.2 Å². The molecule has 1 aliphatic heterocycles. The minimum Gasteiger partial charge on any atom is -0.497 e. The van der Waals surface area contributed by atoms with Gasteiger partial charge in [0.2, 0.25) is 0 Å². The summed E-state index contributed by atoms with van der Waals surface area (Å²) in [7, 11) is 7.16. The molecule has 0 radical (unpaired) electrons. The van der Waals surface area contributed by atoms with Crippen LogP contribution in [-0.4, -0.2) is 75.2 Å². The number of ether oxygens (including phenoxy) is 3. The molecule has 1 saturated carbocycles. The number of methoxy groups -OCH3 is 3. The fourth-order valence-electron chi connectivity index (χ4n) is 5.42. The number of halogens is 3.